The van der Waals surface area contributed by atoms with E-state index in [0.29, 0.717) is 0 Å². The molecule has 3 rings (SSSR count). The minimum Gasteiger partial charge on any atom is -0.388 e. The van der Waals surface area contributed by atoms with E-state index in [2.05, 4.69) is 0 Å². The average Bonchev–Trinajstić information content (AvgIpc) is 2.41. The number of benzene rings is 2. The van der Waals surface area contributed by atoms with Gasteiger partial charge in [0.05, 0.1) is 12.1 Å². The maximum absolute atomic E-state index is 9.97. The molecule has 18 heavy (non-hydrogen) atoms. The van der Waals surface area contributed by atoms with Crippen molar-refractivity contribution < 1.29 is 10.2 Å². The monoisotopic (exact) mass is 244 g/mol. The Morgan fingerprint density at radius 1 is 0.833 bits per heavy atom. The van der Waals surface area contributed by atoms with E-state index >= 15 is 0 Å². The molecule has 6 N–H and O–H groups in total. The predicted octanol–water partition coefficient (Wildman–Crippen LogP) is 0.575. The van der Waals surface area contributed by atoms with Gasteiger partial charge in [-0.05, 0) is 21.9 Å². The summed E-state index contributed by atoms with van der Waals surface area (Å²) in [6.07, 6.45) is -2.05. The van der Waals surface area contributed by atoms with Crippen molar-refractivity contribution in [2.24, 2.45) is 11.5 Å². The van der Waals surface area contributed by atoms with Gasteiger partial charge in [0.2, 0.25) is 0 Å². The van der Waals surface area contributed by atoms with Crippen LogP contribution < -0.4 is 11.5 Å². The van der Waals surface area contributed by atoms with Gasteiger partial charge in [-0.15, -0.1) is 0 Å². The van der Waals surface area contributed by atoms with Gasteiger partial charge in [-0.2, -0.15) is 0 Å². The Morgan fingerprint density at radius 2 is 1.50 bits per heavy atom. The van der Waals surface area contributed by atoms with E-state index in [1.54, 1.807) is 0 Å². The molecule has 1 aliphatic carbocycles. The summed E-state index contributed by atoms with van der Waals surface area (Å²) in [6, 6.07) is 10.5. The van der Waals surface area contributed by atoms with Crippen LogP contribution >= 0.6 is 0 Å². The van der Waals surface area contributed by atoms with Crippen LogP contribution in [0.3, 0.4) is 0 Å². The minimum atomic E-state index is -1.03. The molecular weight excluding hydrogens is 228 g/mol. The summed E-state index contributed by atoms with van der Waals surface area (Å²) in [5.41, 5.74) is 13.7. The molecule has 0 saturated carbocycles. The third kappa shape index (κ3) is 1.47. The van der Waals surface area contributed by atoms with Crippen molar-refractivity contribution in [3.8, 4) is 0 Å². The topological polar surface area (TPSA) is 92.5 Å². The summed E-state index contributed by atoms with van der Waals surface area (Å²) in [6.45, 7) is 0. The smallest absolute Gasteiger partial charge is 0.101 e. The molecule has 0 aromatic heterocycles. The number of aliphatic hydroxyl groups is 2. The molecule has 0 unspecified atom stereocenters. The van der Waals surface area contributed by atoms with E-state index in [9.17, 15) is 10.2 Å². The molecule has 94 valence electrons. The van der Waals surface area contributed by atoms with Gasteiger partial charge in [0.15, 0.2) is 0 Å². The molecule has 1 aliphatic rings. The number of nitrogens with two attached hydrogens (primary N) is 2. The van der Waals surface area contributed by atoms with Crippen LogP contribution in [0.4, 0.5) is 0 Å². The first-order valence-electron chi connectivity index (χ1n) is 6.00. The van der Waals surface area contributed by atoms with Gasteiger partial charge in [-0.3, -0.25) is 0 Å². The summed E-state index contributed by atoms with van der Waals surface area (Å²) < 4.78 is 0. The molecule has 4 nitrogen and oxygen atoms in total. The SMILES string of the molecule is N[C@@H]1c2ccc3ccccc3c2[C@H](N)[C@@H](O)[C@H]1O. The number of fused-ring (bicyclic) bond motifs is 3. The van der Waals surface area contributed by atoms with Crippen molar-refractivity contribution >= 4 is 10.8 Å². The van der Waals surface area contributed by atoms with E-state index in [-0.39, 0.29) is 0 Å². The van der Waals surface area contributed by atoms with E-state index in [1.807, 2.05) is 36.4 Å². The van der Waals surface area contributed by atoms with Crippen molar-refractivity contribution in [2.75, 3.05) is 0 Å². The normalized spacial score (nSPS) is 31.3. The molecule has 0 heterocycles. The number of aliphatic hydroxyl groups excluding tert-OH is 2. The van der Waals surface area contributed by atoms with Crippen molar-refractivity contribution in [3.63, 3.8) is 0 Å². The Balaban J connectivity index is 2.32. The zero-order valence-corrected chi connectivity index (χ0v) is 9.82. The first-order valence-corrected chi connectivity index (χ1v) is 6.00. The van der Waals surface area contributed by atoms with Crippen LogP contribution in [-0.4, -0.2) is 22.4 Å². The number of rotatable bonds is 0. The standard InChI is InChI=1S/C14H16N2O2/c15-11-9-6-5-7-3-1-2-4-8(7)10(9)12(16)14(18)13(11)17/h1-6,11-14,17-18H,15-16H2/t11-,12+,13+,14-/m1/s1. The Kier molecular flexibility index (Phi) is 2.60. The molecule has 4 heteroatoms. The quantitative estimate of drug-likeness (QED) is 0.545. The molecule has 0 radical (unpaired) electrons. The maximum Gasteiger partial charge on any atom is 0.101 e. The lowest BCUT2D eigenvalue weighted by molar-refractivity contribution is -0.0192. The highest BCUT2D eigenvalue weighted by atomic mass is 16.3. The number of hydrogen-bond donors (Lipinski definition) is 4. The molecule has 0 amide bonds. The fourth-order valence-electron chi connectivity index (χ4n) is 2.75. The first kappa shape index (κ1) is 11.6. The van der Waals surface area contributed by atoms with Gasteiger partial charge in [0, 0.05) is 0 Å². The highest BCUT2D eigenvalue weighted by Crippen LogP contribution is 2.38. The van der Waals surface area contributed by atoms with Crippen molar-refractivity contribution in [3.05, 3.63) is 47.5 Å². The van der Waals surface area contributed by atoms with Crippen LogP contribution in [0.2, 0.25) is 0 Å². The van der Waals surface area contributed by atoms with Crippen molar-refractivity contribution in [1.29, 1.82) is 0 Å². The zero-order chi connectivity index (χ0) is 12.9. The van der Waals surface area contributed by atoms with Crippen molar-refractivity contribution in [1.82, 2.24) is 0 Å². The Labute approximate surface area is 105 Å². The molecule has 2 aromatic carbocycles. The van der Waals surface area contributed by atoms with Gasteiger partial charge >= 0.3 is 0 Å². The molecule has 0 spiro atoms. The van der Waals surface area contributed by atoms with E-state index in [1.165, 1.54) is 0 Å². The second kappa shape index (κ2) is 4.03. The van der Waals surface area contributed by atoms with Gasteiger partial charge in [0.1, 0.15) is 12.2 Å². The van der Waals surface area contributed by atoms with Crippen LogP contribution in [0.5, 0.6) is 0 Å². The van der Waals surface area contributed by atoms with Crippen LogP contribution in [0, 0.1) is 0 Å². The van der Waals surface area contributed by atoms with Crippen LogP contribution in [0.25, 0.3) is 10.8 Å². The third-order valence-electron chi connectivity index (χ3n) is 3.78. The van der Waals surface area contributed by atoms with Crippen LogP contribution in [0.1, 0.15) is 23.2 Å². The highest BCUT2D eigenvalue weighted by Gasteiger charge is 2.38. The van der Waals surface area contributed by atoms with E-state index in [0.717, 1.165) is 21.9 Å². The molecule has 0 aliphatic heterocycles. The highest BCUT2D eigenvalue weighted by molar-refractivity contribution is 5.87. The summed E-state index contributed by atoms with van der Waals surface area (Å²) >= 11 is 0. The lowest BCUT2D eigenvalue weighted by Crippen LogP contribution is -2.47. The zero-order valence-electron chi connectivity index (χ0n) is 9.82. The summed E-state index contributed by atoms with van der Waals surface area (Å²) in [5.74, 6) is 0. The van der Waals surface area contributed by atoms with Gasteiger partial charge in [0.25, 0.3) is 0 Å². The minimum absolute atomic E-state index is 0.598. The fraction of sp³-hybridized carbons (Fsp3) is 0.286. The van der Waals surface area contributed by atoms with Gasteiger partial charge < -0.3 is 21.7 Å². The Hall–Kier alpha value is -1.46. The molecular formula is C14H16N2O2. The lowest BCUT2D eigenvalue weighted by atomic mass is 9.79. The molecule has 4 atom stereocenters. The van der Waals surface area contributed by atoms with Crippen LogP contribution in [-0.2, 0) is 0 Å². The largest absolute Gasteiger partial charge is 0.388 e. The predicted molar refractivity (Wildman–Crippen MR) is 69.8 cm³/mol. The Bertz CT molecular complexity index is 599. The lowest BCUT2D eigenvalue weighted by Gasteiger charge is -2.36. The maximum atomic E-state index is 9.97. The summed E-state index contributed by atoms with van der Waals surface area (Å²) in [5, 5.41) is 21.9. The second-order valence-electron chi connectivity index (χ2n) is 4.82. The summed E-state index contributed by atoms with van der Waals surface area (Å²) in [4.78, 5) is 0. The van der Waals surface area contributed by atoms with Gasteiger partial charge in [-0.1, -0.05) is 36.4 Å². The van der Waals surface area contributed by atoms with E-state index in [4.69, 9.17) is 11.5 Å². The first-order chi connectivity index (χ1) is 8.61. The third-order valence-corrected chi connectivity index (χ3v) is 3.78. The molecule has 0 fully saturated rings. The average molecular weight is 244 g/mol. The second-order valence-corrected chi connectivity index (χ2v) is 4.82. The number of hydrogen-bond acceptors (Lipinski definition) is 4. The van der Waals surface area contributed by atoms with Crippen LogP contribution in [0.15, 0.2) is 36.4 Å². The molecule has 2 aromatic rings. The fourth-order valence-corrected chi connectivity index (χ4v) is 2.75. The van der Waals surface area contributed by atoms with Gasteiger partial charge in [-0.25, -0.2) is 0 Å². The van der Waals surface area contributed by atoms with Crippen molar-refractivity contribution in [2.45, 2.75) is 24.3 Å². The Morgan fingerprint density at radius 3 is 2.28 bits per heavy atom. The summed E-state index contributed by atoms with van der Waals surface area (Å²) in [7, 11) is 0. The molecule has 0 saturated heterocycles. The van der Waals surface area contributed by atoms with E-state index < -0.39 is 24.3 Å². The molecule has 0 bridgehead atoms.